The number of nitrogens with one attached hydrogen (secondary N) is 1. The molecule has 2 aromatic carbocycles. The third kappa shape index (κ3) is 3.97. The van der Waals surface area contributed by atoms with E-state index in [2.05, 4.69) is 15.3 Å². The minimum absolute atomic E-state index is 0.240. The molecule has 0 spiro atoms. The molecule has 0 saturated heterocycles. The first kappa shape index (κ1) is 19.1. The maximum absolute atomic E-state index is 12.6. The van der Waals surface area contributed by atoms with Crippen LogP contribution in [0.3, 0.4) is 0 Å². The number of hydrogen-bond acceptors (Lipinski definition) is 5. The van der Waals surface area contributed by atoms with Gasteiger partial charge in [0.2, 0.25) is 10.0 Å². The first-order chi connectivity index (χ1) is 13.8. The van der Waals surface area contributed by atoms with Gasteiger partial charge in [0.05, 0.1) is 17.6 Å². The van der Waals surface area contributed by atoms with Gasteiger partial charge in [-0.2, -0.15) is 0 Å². The number of anilines is 2. The van der Waals surface area contributed by atoms with E-state index in [0.717, 1.165) is 16.8 Å². The summed E-state index contributed by atoms with van der Waals surface area (Å²) in [7, 11) is -3.30. The Hall–Kier alpha value is -3.26. The third-order valence-electron chi connectivity index (χ3n) is 4.81. The van der Waals surface area contributed by atoms with Crippen LogP contribution in [0.5, 0.6) is 0 Å². The molecule has 148 valence electrons. The maximum Gasteiger partial charge on any atom is 0.255 e. The van der Waals surface area contributed by atoms with Crippen LogP contribution in [0.4, 0.5) is 11.4 Å². The molecule has 1 aromatic heterocycles. The van der Waals surface area contributed by atoms with Crippen molar-refractivity contribution in [2.45, 2.75) is 13.3 Å². The van der Waals surface area contributed by atoms with Crippen molar-refractivity contribution in [3.63, 3.8) is 0 Å². The van der Waals surface area contributed by atoms with Gasteiger partial charge in [0.15, 0.2) is 0 Å². The average molecular weight is 408 g/mol. The number of carbonyl (C=O) groups excluding carboxylic acids is 1. The van der Waals surface area contributed by atoms with Crippen LogP contribution in [0.2, 0.25) is 0 Å². The fourth-order valence-corrected chi connectivity index (χ4v) is 4.36. The molecule has 0 unspecified atom stereocenters. The number of aryl methyl sites for hydroxylation is 1. The molecule has 1 N–H and O–H groups in total. The van der Waals surface area contributed by atoms with Crippen LogP contribution in [-0.4, -0.2) is 37.1 Å². The van der Waals surface area contributed by atoms with Crippen LogP contribution in [0.25, 0.3) is 11.3 Å². The van der Waals surface area contributed by atoms with E-state index in [0.29, 0.717) is 35.7 Å². The molecule has 7 nitrogen and oxygen atoms in total. The summed E-state index contributed by atoms with van der Waals surface area (Å²) in [5.41, 5.74) is 4.43. The van der Waals surface area contributed by atoms with Gasteiger partial charge in [0.1, 0.15) is 5.82 Å². The summed E-state index contributed by atoms with van der Waals surface area (Å²) >= 11 is 0. The van der Waals surface area contributed by atoms with E-state index in [1.54, 1.807) is 24.4 Å². The molecule has 3 aromatic rings. The first-order valence-corrected chi connectivity index (χ1v) is 11.0. The number of amides is 1. The van der Waals surface area contributed by atoms with Crippen molar-refractivity contribution >= 4 is 27.3 Å². The number of rotatable bonds is 4. The van der Waals surface area contributed by atoms with Crippen molar-refractivity contribution in [1.29, 1.82) is 0 Å². The Balaban J connectivity index is 1.50. The lowest BCUT2D eigenvalue weighted by molar-refractivity contribution is 0.102. The summed E-state index contributed by atoms with van der Waals surface area (Å²) in [5.74, 6) is 0.460. The van der Waals surface area contributed by atoms with Gasteiger partial charge in [-0.25, -0.2) is 18.4 Å². The SMILES string of the molecule is Cc1nccc(-c2ccc(NC(=O)c3ccc4c(c3)CCN4S(C)(=O)=O)cc2)n1. The lowest BCUT2D eigenvalue weighted by atomic mass is 10.1. The molecule has 0 saturated carbocycles. The Morgan fingerprint density at radius 1 is 1.10 bits per heavy atom. The number of hydrogen-bond donors (Lipinski definition) is 1. The molecule has 0 bridgehead atoms. The quantitative estimate of drug-likeness (QED) is 0.716. The number of aromatic nitrogens is 2. The molecule has 4 rings (SSSR count). The zero-order chi connectivity index (χ0) is 20.6. The van der Waals surface area contributed by atoms with E-state index in [1.807, 2.05) is 37.3 Å². The molecule has 29 heavy (non-hydrogen) atoms. The molecule has 0 aliphatic carbocycles. The highest BCUT2D eigenvalue weighted by atomic mass is 32.2. The summed E-state index contributed by atoms with van der Waals surface area (Å²) in [6.07, 6.45) is 3.50. The standard InChI is InChI=1S/C21H20N4O3S/c1-14-22-11-9-19(23-14)15-3-6-18(7-4-15)24-21(26)17-5-8-20-16(13-17)10-12-25(20)29(2,27)28/h3-9,11,13H,10,12H2,1-2H3,(H,24,26). The number of nitrogens with zero attached hydrogens (tertiary/aromatic N) is 3. The number of carbonyl (C=O) groups is 1. The second kappa shape index (κ2) is 7.29. The van der Waals surface area contributed by atoms with Crippen molar-refractivity contribution in [3.8, 4) is 11.3 Å². The predicted molar refractivity (Wildman–Crippen MR) is 112 cm³/mol. The largest absolute Gasteiger partial charge is 0.322 e. The zero-order valence-electron chi connectivity index (χ0n) is 16.1. The van der Waals surface area contributed by atoms with Crippen molar-refractivity contribution in [3.05, 3.63) is 71.7 Å². The van der Waals surface area contributed by atoms with Crippen molar-refractivity contribution in [2.24, 2.45) is 0 Å². The molecule has 0 radical (unpaired) electrons. The summed E-state index contributed by atoms with van der Waals surface area (Å²) in [6.45, 7) is 2.24. The van der Waals surface area contributed by atoms with Gasteiger partial charge < -0.3 is 5.32 Å². The van der Waals surface area contributed by atoms with E-state index in [4.69, 9.17) is 0 Å². The van der Waals surface area contributed by atoms with Crippen molar-refractivity contribution in [2.75, 3.05) is 22.4 Å². The summed E-state index contributed by atoms with van der Waals surface area (Å²) < 4.78 is 25.1. The Labute approximate surface area is 169 Å². The minimum atomic E-state index is -3.30. The van der Waals surface area contributed by atoms with E-state index in [9.17, 15) is 13.2 Å². The molecule has 1 aliphatic rings. The van der Waals surface area contributed by atoms with Gasteiger partial charge >= 0.3 is 0 Å². The third-order valence-corrected chi connectivity index (χ3v) is 5.99. The van der Waals surface area contributed by atoms with Gasteiger partial charge in [0, 0.05) is 29.6 Å². The number of benzene rings is 2. The highest BCUT2D eigenvalue weighted by Gasteiger charge is 2.26. The highest BCUT2D eigenvalue weighted by molar-refractivity contribution is 7.92. The lowest BCUT2D eigenvalue weighted by Crippen LogP contribution is -2.27. The lowest BCUT2D eigenvalue weighted by Gasteiger charge is -2.16. The van der Waals surface area contributed by atoms with Crippen LogP contribution in [0.15, 0.2) is 54.7 Å². The Kier molecular flexibility index (Phi) is 4.79. The summed E-state index contributed by atoms with van der Waals surface area (Å²) in [4.78, 5) is 21.1. The summed E-state index contributed by atoms with van der Waals surface area (Å²) in [5, 5.41) is 2.88. The van der Waals surface area contributed by atoms with Gasteiger partial charge in [-0.3, -0.25) is 9.10 Å². The molecule has 1 aliphatic heterocycles. The van der Waals surface area contributed by atoms with Crippen molar-refractivity contribution in [1.82, 2.24) is 9.97 Å². The second-order valence-electron chi connectivity index (χ2n) is 6.95. The highest BCUT2D eigenvalue weighted by Crippen LogP contribution is 2.31. The molecule has 2 heterocycles. The molecule has 0 atom stereocenters. The molecule has 1 amide bonds. The molecule has 8 heteroatoms. The fraction of sp³-hybridized carbons (Fsp3) is 0.190. The van der Waals surface area contributed by atoms with Crippen LogP contribution >= 0.6 is 0 Å². The van der Waals surface area contributed by atoms with Gasteiger partial charge in [-0.1, -0.05) is 12.1 Å². The van der Waals surface area contributed by atoms with Crippen LogP contribution < -0.4 is 9.62 Å². The fourth-order valence-electron chi connectivity index (χ4n) is 3.40. The van der Waals surface area contributed by atoms with Gasteiger partial charge in [-0.15, -0.1) is 0 Å². The zero-order valence-corrected chi connectivity index (χ0v) is 16.9. The maximum atomic E-state index is 12.6. The number of fused-ring (bicyclic) bond motifs is 1. The van der Waals surface area contributed by atoms with Gasteiger partial charge in [0.25, 0.3) is 5.91 Å². The van der Waals surface area contributed by atoms with E-state index >= 15 is 0 Å². The molecular formula is C21H20N4O3S. The van der Waals surface area contributed by atoms with Crippen molar-refractivity contribution < 1.29 is 13.2 Å². The summed E-state index contributed by atoms with van der Waals surface area (Å²) in [6, 6.07) is 14.4. The van der Waals surface area contributed by atoms with Crippen LogP contribution in [0.1, 0.15) is 21.7 Å². The normalized spacial score (nSPS) is 13.2. The Morgan fingerprint density at radius 2 is 1.86 bits per heavy atom. The molecule has 0 fully saturated rings. The van der Waals surface area contributed by atoms with E-state index in [1.165, 1.54) is 10.6 Å². The smallest absolute Gasteiger partial charge is 0.255 e. The van der Waals surface area contributed by atoms with Gasteiger partial charge in [-0.05, 0) is 55.3 Å². The Bertz CT molecular complexity index is 1190. The predicted octanol–water partition coefficient (Wildman–Crippen LogP) is 3.03. The first-order valence-electron chi connectivity index (χ1n) is 9.13. The molecular weight excluding hydrogens is 388 g/mol. The van der Waals surface area contributed by atoms with Crippen LogP contribution in [0, 0.1) is 6.92 Å². The monoisotopic (exact) mass is 408 g/mol. The second-order valence-corrected chi connectivity index (χ2v) is 8.86. The van der Waals surface area contributed by atoms with Crippen LogP contribution in [-0.2, 0) is 16.4 Å². The minimum Gasteiger partial charge on any atom is -0.322 e. The Morgan fingerprint density at radius 3 is 2.55 bits per heavy atom. The average Bonchev–Trinajstić information content (AvgIpc) is 3.12. The van der Waals surface area contributed by atoms with E-state index in [-0.39, 0.29) is 5.91 Å². The van der Waals surface area contributed by atoms with E-state index < -0.39 is 10.0 Å². The topological polar surface area (TPSA) is 92.3 Å². The number of sulfonamides is 1.